The molecular weight excluding hydrogens is 462 g/mol. The number of hydrogen-bond donors (Lipinski definition) is 0. The molecule has 186 valence electrons. The van der Waals surface area contributed by atoms with Gasteiger partial charge in [0.05, 0.1) is 17.7 Å². The first kappa shape index (κ1) is 25.2. The van der Waals surface area contributed by atoms with Crippen molar-refractivity contribution in [2.75, 3.05) is 6.61 Å². The SMILES string of the molecule is CCOC(=O)c1ccc2c(C(=O)CCc3ccc(F)c(F)c3)c(C(C)C)n(Cc3cccnc3)c2c1. The summed E-state index contributed by atoms with van der Waals surface area (Å²) < 4.78 is 34.2. The number of rotatable bonds is 9. The summed E-state index contributed by atoms with van der Waals surface area (Å²) >= 11 is 0. The number of carbonyl (C=O) groups excluding carboxylic acids is 2. The standard InChI is InChI=1S/C29H28F2N2O3/c1-4-36-29(35)21-9-10-22-25(15-21)33(17-20-6-5-13-32-16-20)28(18(2)3)27(22)26(34)12-8-19-7-11-23(30)24(31)14-19/h5-7,9-11,13-16,18H,4,8,12,17H2,1-3H3. The molecule has 0 aliphatic carbocycles. The van der Waals surface area contributed by atoms with Crippen molar-refractivity contribution in [2.24, 2.45) is 0 Å². The average Bonchev–Trinajstić information content (AvgIpc) is 3.19. The molecule has 5 nitrogen and oxygen atoms in total. The summed E-state index contributed by atoms with van der Waals surface area (Å²) in [6.07, 6.45) is 3.89. The van der Waals surface area contributed by atoms with Crippen LogP contribution >= 0.6 is 0 Å². The summed E-state index contributed by atoms with van der Waals surface area (Å²) in [5.74, 6) is -2.36. The van der Waals surface area contributed by atoms with Crippen molar-refractivity contribution >= 4 is 22.7 Å². The van der Waals surface area contributed by atoms with Gasteiger partial charge < -0.3 is 9.30 Å². The van der Waals surface area contributed by atoms with E-state index in [2.05, 4.69) is 9.55 Å². The van der Waals surface area contributed by atoms with Crippen molar-refractivity contribution in [1.82, 2.24) is 9.55 Å². The smallest absolute Gasteiger partial charge is 0.338 e. The second kappa shape index (κ2) is 10.8. The zero-order chi connectivity index (χ0) is 25.8. The largest absolute Gasteiger partial charge is 0.462 e. The lowest BCUT2D eigenvalue weighted by atomic mass is 9.96. The second-order valence-corrected chi connectivity index (χ2v) is 8.99. The Morgan fingerprint density at radius 2 is 1.83 bits per heavy atom. The van der Waals surface area contributed by atoms with Crippen molar-refractivity contribution in [3.63, 3.8) is 0 Å². The topological polar surface area (TPSA) is 61.2 Å². The highest BCUT2D eigenvalue weighted by Crippen LogP contribution is 2.34. The van der Waals surface area contributed by atoms with E-state index in [4.69, 9.17) is 4.74 Å². The van der Waals surface area contributed by atoms with Gasteiger partial charge in [0.2, 0.25) is 0 Å². The molecule has 0 amide bonds. The molecule has 4 aromatic rings. The van der Waals surface area contributed by atoms with Gasteiger partial charge in [0.25, 0.3) is 0 Å². The second-order valence-electron chi connectivity index (χ2n) is 8.99. The van der Waals surface area contributed by atoms with Gasteiger partial charge in [-0.05, 0) is 60.7 Å². The number of halogens is 2. The van der Waals surface area contributed by atoms with E-state index in [0.29, 0.717) is 23.2 Å². The number of esters is 1. The van der Waals surface area contributed by atoms with Crippen LogP contribution in [0.15, 0.2) is 60.9 Å². The molecule has 0 bridgehead atoms. The fourth-order valence-electron chi connectivity index (χ4n) is 4.53. The summed E-state index contributed by atoms with van der Waals surface area (Å²) in [4.78, 5) is 30.3. The molecule has 2 aromatic heterocycles. The molecule has 36 heavy (non-hydrogen) atoms. The summed E-state index contributed by atoms with van der Waals surface area (Å²) in [5, 5.41) is 0.742. The molecular formula is C29H28F2N2O3. The van der Waals surface area contributed by atoms with E-state index in [1.807, 2.05) is 26.0 Å². The molecule has 0 unspecified atom stereocenters. The minimum absolute atomic E-state index is 0.00216. The molecule has 0 aliphatic rings. The maximum Gasteiger partial charge on any atom is 0.338 e. The van der Waals surface area contributed by atoms with E-state index >= 15 is 0 Å². The average molecular weight is 491 g/mol. The number of fused-ring (bicyclic) bond motifs is 1. The lowest BCUT2D eigenvalue weighted by Crippen LogP contribution is -2.11. The number of ether oxygens (including phenoxy) is 1. The van der Waals surface area contributed by atoms with Gasteiger partial charge in [0.1, 0.15) is 0 Å². The number of nitrogens with zero attached hydrogens (tertiary/aromatic N) is 2. The normalized spacial score (nSPS) is 11.3. The van der Waals surface area contributed by atoms with Crippen LogP contribution in [0.3, 0.4) is 0 Å². The molecule has 0 N–H and O–H groups in total. The Balaban J connectivity index is 1.81. The summed E-state index contributed by atoms with van der Waals surface area (Å²) in [5.41, 5.74) is 4.11. The predicted octanol–water partition coefficient (Wildman–Crippen LogP) is 6.48. The van der Waals surface area contributed by atoms with E-state index in [9.17, 15) is 18.4 Å². The lowest BCUT2D eigenvalue weighted by Gasteiger charge is -2.15. The summed E-state index contributed by atoms with van der Waals surface area (Å²) in [6, 6.07) is 12.7. The van der Waals surface area contributed by atoms with Gasteiger partial charge in [-0.15, -0.1) is 0 Å². The first-order chi connectivity index (χ1) is 17.3. The number of aromatic nitrogens is 2. The summed E-state index contributed by atoms with van der Waals surface area (Å²) in [6.45, 7) is 6.53. The van der Waals surface area contributed by atoms with E-state index in [1.165, 1.54) is 6.07 Å². The Bertz CT molecular complexity index is 1410. The third kappa shape index (κ3) is 5.20. The van der Waals surface area contributed by atoms with Crippen LogP contribution in [-0.4, -0.2) is 27.9 Å². The van der Waals surface area contributed by atoms with Gasteiger partial charge >= 0.3 is 5.97 Å². The molecule has 4 rings (SSSR count). The van der Waals surface area contributed by atoms with Crippen LogP contribution in [0, 0.1) is 11.6 Å². The Morgan fingerprint density at radius 3 is 2.50 bits per heavy atom. The zero-order valence-electron chi connectivity index (χ0n) is 20.6. The maximum absolute atomic E-state index is 13.7. The first-order valence-electron chi connectivity index (χ1n) is 12.0. The molecule has 0 saturated heterocycles. The van der Waals surface area contributed by atoms with Crippen LogP contribution in [0.2, 0.25) is 0 Å². The van der Waals surface area contributed by atoms with Crippen molar-refractivity contribution in [2.45, 2.75) is 46.1 Å². The monoisotopic (exact) mass is 490 g/mol. The minimum atomic E-state index is -0.928. The first-order valence-corrected chi connectivity index (χ1v) is 12.0. The third-order valence-electron chi connectivity index (χ3n) is 6.13. The van der Waals surface area contributed by atoms with Crippen molar-refractivity contribution < 1.29 is 23.1 Å². The fourth-order valence-corrected chi connectivity index (χ4v) is 4.53. The van der Waals surface area contributed by atoms with Gasteiger partial charge in [0, 0.05) is 42.0 Å². The molecule has 2 heterocycles. The predicted molar refractivity (Wildman–Crippen MR) is 134 cm³/mol. The molecule has 7 heteroatoms. The highest BCUT2D eigenvalue weighted by molar-refractivity contribution is 6.11. The fraction of sp³-hybridized carbons (Fsp3) is 0.276. The van der Waals surface area contributed by atoms with Crippen LogP contribution < -0.4 is 0 Å². The van der Waals surface area contributed by atoms with Gasteiger partial charge in [-0.25, -0.2) is 13.6 Å². The van der Waals surface area contributed by atoms with Crippen LogP contribution in [-0.2, 0) is 17.7 Å². The van der Waals surface area contributed by atoms with E-state index in [-0.39, 0.29) is 31.1 Å². The Morgan fingerprint density at radius 1 is 1.03 bits per heavy atom. The number of carbonyl (C=O) groups is 2. The number of aryl methyl sites for hydroxylation is 1. The zero-order valence-corrected chi connectivity index (χ0v) is 20.6. The molecule has 0 radical (unpaired) electrons. The van der Waals surface area contributed by atoms with Gasteiger partial charge in [-0.2, -0.15) is 0 Å². The van der Waals surface area contributed by atoms with Gasteiger partial charge in [-0.3, -0.25) is 9.78 Å². The van der Waals surface area contributed by atoms with E-state index in [1.54, 1.807) is 37.5 Å². The number of hydrogen-bond acceptors (Lipinski definition) is 4. The van der Waals surface area contributed by atoms with Gasteiger partial charge in [0.15, 0.2) is 17.4 Å². The summed E-state index contributed by atoms with van der Waals surface area (Å²) in [7, 11) is 0. The molecule has 0 fully saturated rings. The lowest BCUT2D eigenvalue weighted by molar-refractivity contribution is 0.0526. The number of Topliss-reactive ketones (excluding diaryl/α,β-unsaturated/α-hetero) is 1. The molecule has 0 saturated carbocycles. The Labute approximate surface area is 208 Å². The highest BCUT2D eigenvalue weighted by atomic mass is 19.2. The van der Waals surface area contributed by atoms with E-state index in [0.717, 1.165) is 34.3 Å². The van der Waals surface area contributed by atoms with Crippen LogP contribution in [0.4, 0.5) is 8.78 Å². The number of ketones is 1. The van der Waals surface area contributed by atoms with Crippen molar-refractivity contribution in [1.29, 1.82) is 0 Å². The molecule has 2 aromatic carbocycles. The minimum Gasteiger partial charge on any atom is -0.462 e. The Hall–Kier alpha value is -3.87. The maximum atomic E-state index is 13.7. The van der Waals surface area contributed by atoms with Gasteiger partial charge in [-0.1, -0.05) is 32.0 Å². The van der Waals surface area contributed by atoms with Crippen LogP contribution in [0.5, 0.6) is 0 Å². The van der Waals surface area contributed by atoms with E-state index < -0.39 is 17.6 Å². The third-order valence-corrected chi connectivity index (χ3v) is 6.13. The van der Waals surface area contributed by atoms with Crippen LogP contribution in [0.25, 0.3) is 10.9 Å². The molecule has 0 aliphatic heterocycles. The van der Waals surface area contributed by atoms with Crippen molar-refractivity contribution in [3.05, 3.63) is 101 Å². The molecule has 0 spiro atoms. The number of benzene rings is 2. The van der Waals surface area contributed by atoms with Crippen LogP contribution in [0.1, 0.15) is 70.6 Å². The molecule has 0 atom stereocenters. The quantitative estimate of drug-likeness (QED) is 0.199. The Kier molecular flexibility index (Phi) is 7.58. The highest BCUT2D eigenvalue weighted by Gasteiger charge is 2.25. The van der Waals surface area contributed by atoms with Crippen molar-refractivity contribution in [3.8, 4) is 0 Å². The number of pyridine rings is 1.